The minimum atomic E-state index is 0.519. The molecule has 0 amide bonds. The molecule has 1 saturated carbocycles. The number of furan rings is 1. The minimum absolute atomic E-state index is 0.519. The summed E-state index contributed by atoms with van der Waals surface area (Å²) in [6, 6.07) is 4.06. The largest absolute Gasteiger partial charge is 0.465 e. The van der Waals surface area contributed by atoms with Gasteiger partial charge < -0.3 is 10.2 Å². The van der Waals surface area contributed by atoms with Gasteiger partial charge in [0.2, 0.25) is 0 Å². The lowest BCUT2D eigenvalue weighted by Gasteiger charge is -2.04. The molecular formula is C11H17NO. The molecule has 13 heavy (non-hydrogen) atoms. The molecule has 72 valence electrons. The number of rotatable bonds is 3. The summed E-state index contributed by atoms with van der Waals surface area (Å²) < 4.78 is 5.57. The van der Waals surface area contributed by atoms with Gasteiger partial charge in [0.05, 0.1) is 6.54 Å². The molecule has 1 aromatic heterocycles. The van der Waals surface area contributed by atoms with Crippen LogP contribution in [0.15, 0.2) is 16.5 Å². The van der Waals surface area contributed by atoms with E-state index in [0.717, 1.165) is 23.9 Å². The molecular weight excluding hydrogens is 162 g/mol. The average Bonchev–Trinajstić information content (AvgIpc) is 2.76. The second kappa shape index (κ2) is 3.97. The van der Waals surface area contributed by atoms with Crippen LogP contribution in [0.5, 0.6) is 0 Å². The summed E-state index contributed by atoms with van der Waals surface area (Å²) in [5.74, 6) is 2.89. The molecule has 0 aliphatic heterocycles. The first-order valence-corrected chi connectivity index (χ1v) is 5.16. The molecule has 1 aromatic rings. The molecule has 0 bridgehead atoms. The summed E-state index contributed by atoms with van der Waals surface area (Å²) in [5.41, 5.74) is 5.48. The zero-order valence-corrected chi connectivity index (χ0v) is 7.96. The number of hydrogen-bond acceptors (Lipinski definition) is 2. The highest BCUT2D eigenvalue weighted by Gasteiger charge is 2.16. The molecule has 2 heteroatoms. The van der Waals surface area contributed by atoms with Gasteiger partial charge in [0, 0.05) is 6.42 Å². The zero-order valence-electron chi connectivity index (χ0n) is 7.96. The van der Waals surface area contributed by atoms with Gasteiger partial charge in [-0.25, -0.2) is 0 Å². The highest BCUT2D eigenvalue weighted by Crippen LogP contribution is 2.28. The first kappa shape index (κ1) is 8.82. The maximum Gasteiger partial charge on any atom is 0.117 e. The molecule has 2 N–H and O–H groups in total. The normalized spacial score (nSPS) is 18.2. The van der Waals surface area contributed by atoms with Crippen LogP contribution in [0, 0.1) is 5.92 Å². The van der Waals surface area contributed by atoms with E-state index in [1.807, 2.05) is 6.07 Å². The third-order valence-corrected chi connectivity index (χ3v) is 2.88. The Bertz CT molecular complexity index is 261. The Hall–Kier alpha value is -0.760. The standard InChI is InChI=1S/C11H17NO/c12-8-11-6-5-10(13-11)7-9-3-1-2-4-9/h5-6,9H,1-4,7-8,12H2. The van der Waals surface area contributed by atoms with E-state index in [4.69, 9.17) is 10.2 Å². The zero-order chi connectivity index (χ0) is 9.10. The molecule has 0 spiro atoms. The molecule has 1 aliphatic rings. The quantitative estimate of drug-likeness (QED) is 0.774. The van der Waals surface area contributed by atoms with Crippen LogP contribution in [-0.4, -0.2) is 0 Å². The third-order valence-electron chi connectivity index (χ3n) is 2.88. The van der Waals surface area contributed by atoms with Crippen molar-refractivity contribution in [2.24, 2.45) is 11.7 Å². The van der Waals surface area contributed by atoms with Gasteiger partial charge in [-0.3, -0.25) is 0 Å². The van der Waals surface area contributed by atoms with Crippen LogP contribution in [0.25, 0.3) is 0 Å². The van der Waals surface area contributed by atoms with Gasteiger partial charge in [-0.05, 0) is 18.1 Å². The predicted octanol–water partition coefficient (Wildman–Crippen LogP) is 2.47. The molecule has 0 atom stereocenters. The summed E-state index contributed by atoms with van der Waals surface area (Å²) in [5, 5.41) is 0. The highest BCUT2D eigenvalue weighted by atomic mass is 16.3. The summed E-state index contributed by atoms with van der Waals surface area (Å²) in [4.78, 5) is 0. The summed E-state index contributed by atoms with van der Waals surface area (Å²) in [6.45, 7) is 0.519. The van der Waals surface area contributed by atoms with E-state index in [0.29, 0.717) is 6.54 Å². The first-order valence-electron chi connectivity index (χ1n) is 5.16. The Morgan fingerprint density at radius 1 is 1.23 bits per heavy atom. The van der Waals surface area contributed by atoms with Gasteiger partial charge in [0.1, 0.15) is 11.5 Å². The molecule has 2 nitrogen and oxygen atoms in total. The van der Waals surface area contributed by atoms with Crippen molar-refractivity contribution in [2.75, 3.05) is 0 Å². The van der Waals surface area contributed by atoms with Gasteiger partial charge in [0.15, 0.2) is 0 Å². The molecule has 0 aromatic carbocycles. The van der Waals surface area contributed by atoms with Crippen LogP contribution in [-0.2, 0) is 13.0 Å². The van der Waals surface area contributed by atoms with Crippen LogP contribution < -0.4 is 5.73 Å². The molecule has 0 radical (unpaired) electrons. The monoisotopic (exact) mass is 179 g/mol. The molecule has 1 aliphatic carbocycles. The van der Waals surface area contributed by atoms with Crippen molar-refractivity contribution >= 4 is 0 Å². The summed E-state index contributed by atoms with van der Waals surface area (Å²) >= 11 is 0. The van der Waals surface area contributed by atoms with Crippen molar-refractivity contribution in [3.05, 3.63) is 23.7 Å². The van der Waals surface area contributed by atoms with Crippen molar-refractivity contribution in [2.45, 2.75) is 38.6 Å². The van der Waals surface area contributed by atoms with Gasteiger partial charge >= 0.3 is 0 Å². The molecule has 2 rings (SSSR count). The second-order valence-electron chi connectivity index (χ2n) is 3.93. The second-order valence-corrected chi connectivity index (χ2v) is 3.93. The van der Waals surface area contributed by atoms with Crippen molar-refractivity contribution in [1.82, 2.24) is 0 Å². The smallest absolute Gasteiger partial charge is 0.117 e. The van der Waals surface area contributed by atoms with E-state index < -0.39 is 0 Å². The van der Waals surface area contributed by atoms with Crippen LogP contribution in [0.1, 0.15) is 37.2 Å². The van der Waals surface area contributed by atoms with Crippen molar-refractivity contribution in [1.29, 1.82) is 0 Å². The van der Waals surface area contributed by atoms with Crippen LogP contribution >= 0.6 is 0 Å². The fourth-order valence-corrected chi connectivity index (χ4v) is 2.14. The highest BCUT2D eigenvalue weighted by molar-refractivity contribution is 5.07. The average molecular weight is 179 g/mol. The Morgan fingerprint density at radius 2 is 1.92 bits per heavy atom. The van der Waals surface area contributed by atoms with Gasteiger partial charge in [0.25, 0.3) is 0 Å². The van der Waals surface area contributed by atoms with E-state index in [2.05, 4.69) is 6.07 Å². The lowest BCUT2D eigenvalue weighted by molar-refractivity contribution is 0.421. The molecule has 1 fully saturated rings. The summed E-state index contributed by atoms with van der Waals surface area (Å²) in [7, 11) is 0. The Balaban J connectivity index is 1.92. The Labute approximate surface area is 79.1 Å². The molecule has 0 saturated heterocycles. The first-order chi connectivity index (χ1) is 6.38. The van der Waals surface area contributed by atoms with Crippen molar-refractivity contribution in [3.8, 4) is 0 Å². The van der Waals surface area contributed by atoms with E-state index in [9.17, 15) is 0 Å². The van der Waals surface area contributed by atoms with Gasteiger partial charge in [-0.15, -0.1) is 0 Å². The maximum absolute atomic E-state index is 5.57. The third kappa shape index (κ3) is 2.13. The van der Waals surface area contributed by atoms with Crippen LogP contribution in [0.3, 0.4) is 0 Å². The minimum Gasteiger partial charge on any atom is -0.465 e. The summed E-state index contributed by atoms with van der Waals surface area (Å²) in [6.07, 6.45) is 6.65. The van der Waals surface area contributed by atoms with E-state index in [1.54, 1.807) is 0 Å². The number of nitrogens with two attached hydrogens (primary N) is 1. The molecule has 0 unspecified atom stereocenters. The van der Waals surface area contributed by atoms with Crippen molar-refractivity contribution in [3.63, 3.8) is 0 Å². The van der Waals surface area contributed by atoms with Crippen LogP contribution in [0.4, 0.5) is 0 Å². The predicted molar refractivity (Wildman–Crippen MR) is 52.3 cm³/mol. The van der Waals surface area contributed by atoms with E-state index >= 15 is 0 Å². The van der Waals surface area contributed by atoms with Gasteiger partial charge in [-0.1, -0.05) is 25.7 Å². The topological polar surface area (TPSA) is 39.2 Å². The SMILES string of the molecule is NCc1ccc(CC2CCCC2)o1. The van der Waals surface area contributed by atoms with E-state index in [-0.39, 0.29) is 0 Å². The van der Waals surface area contributed by atoms with Crippen LogP contribution in [0.2, 0.25) is 0 Å². The Morgan fingerprint density at radius 3 is 2.54 bits per heavy atom. The molecule has 1 heterocycles. The number of hydrogen-bond donors (Lipinski definition) is 1. The lowest BCUT2D eigenvalue weighted by Crippen LogP contribution is -1.97. The maximum atomic E-state index is 5.57. The van der Waals surface area contributed by atoms with Gasteiger partial charge in [-0.2, -0.15) is 0 Å². The fraction of sp³-hybridized carbons (Fsp3) is 0.636. The fourth-order valence-electron chi connectivity index (χ4n) is 2.14. The Kier molecular flexibility index (Phi) is 2.69. The lowest BCUT2D eigenvalue weighted by atomic mass is 10.0. The van der Waals surface area contributed by atoms with E-state index in [1.165, 1.54) is 25.7 Å². The van der Waals surface area contributed by atoms with Crippen molar-refractivity contribution < 1.29 is 4.42 Å².